The molecule has 128 valence electrons. The number of halogens is 2. The van der Waals surface area contributed by atoms with Gasteiger partial charge in [0, 0.05) is 27.9 Å². The van der Waals surface area contributed by atoms with Crippen LogP contribution in [-0.2, 0) is 0 Å². The summed E-state index contributed by atoms with van der Waals surface area (Å²) < 4.78 is 18.8. The van der Waals surface area contributed by atoms with E-state index in [0.717, 1.165) is 0 Å². The SMILES string of the molecule is O=C(Nc1ccc2nc(-c3ccc(F)cc3)oc2c1)c1ccc(Cl)cc1. The molecule has 0 radical (unpaired) electrons. The van der Waals surface area contributed by atoms with Crippen LogP contribution in [0.15, 0.2) is 71.1 Å². The van der Waals surface area contributed by atoms with E-state index < -0.39 is 0 Å². The van der Waals surface area contributed by atoms with Crippen molar-refractivity contribution in [3.63, 3.8) is 0 Å². The maximum Gasteiger partial charge on any atom is 0.255 e. The second kappa shape index (κ2) is 6.61. The summed E-state index contributed by atoms with van der Waals surface area (Å²) in [5, 5.41) is 3.37. The van der Waals surface area contributed by atoms with Gasteiger partial charge in [0.2, 0.25) is 5.89 Å². The summed E-state index contributed by atoms with van der Waals surface area (Å²) in [6.45, 7) is 0. The summed E-state index contributed by atoms with van der Waals surface area (Å²) in [5.74, 6) is -0.183. The van der Waals surface area contributed by atoms with Crippen LogP contribution < -0.4 is 5.32 Å². The molecule has 3 aromatic carbocycles. The molecule has 1 aromatic heterocycles. The van der Waals surface area contributed by atoms with Gasteiger partial charge in [-0.3, -0.25) is 4.79 Å². The predicted octanol–water partition coefficient (Wildman–Crippen LogP) is 5.54. The molecular weight excluding hydrogens is 355 g/mol. The number of nitrogens with one attached hydrogen (secondary N) is 1. The van der Waals surface area contributed by atoms with Gasteiger partial charge in [0.1, 0.15) is 11.3 Å². The maximum atomic E-state index is 13.0. The molecule has 4 aromatic rings. The fourth-order valence-corrected chi connectivity index (χ4v) is 2.65. The zero-order chi connectivity index (χ0) is 18.1. The number of anilines is 1. The minimum absolute atomic E-state index is 0.251. The fourth-order valence-electron chi connectivity index (χ4n) is 2.52. The van der Waals surface area contributed by atoms with Gasteiger partial charge in [0.25, 0.3) is 5.91 Å². The number of carbonyl (C=O) groups is 1. The van der Waals surface area contributed by atoms with Crippen LogP contribution in [0.5, 0.6) is 0 Å². The molecule has 0 aliphatic heterocycles. The first-order chi connectivity index (χ1) is 12.6. The number of aromatic nitrogens is 1. The first-order valence-electron chi connectivity index (χ1n) is 7.82. The van der Waals surface area contributed by atoms with Crippen LogP contribution in [0.25, 0.3) is 22.6 Å². The van der Waals surface area contributed by atoms with Gasteiger partial charge < -0.3 is 9.73 Å². The Bertz CT molecular complexity index is 1090. The third-order valence-electron chi connectivity index (χ3n) is 3.84. The molecule has 1 amide bonds. The summed E-state index contributed by atoms with van der Waals surface area (Å²) in [4.78, 5) is 16.7. The van der Waals surface area contributed by atoms with Crippen molar-refractivity contribution in [2.24, 2.45) is 0 Å². The molecule has 0 atom stereocenters. The first-order valence-corrected chi connectivity index (χ1v) is 8.20. The van der Waals surface area contributed by atoms with E-state index in [1.165, 1.54) is 12.1 Å². The zero-order valence-corrected chi connectivity index (χ0v) is 14.1. The van der Waals surface area contributed by atoms with Crippen molar-refractivity contribution in [3.8, 4) is 11.5 Å². The number of rotatable bonds is 3. The van der Waals surface area contributed by atoms with Crippen LogP contribution in [0.4, 0.5) is 10.1 Å². The van der Waals surface area contributed by atoms with Crippen LogP contribution in [-0.4, -0.2) is 10.9 Å². The highest BCUT2D eigenvalue weighted by Crippen LogP contribution is 2.26. The summed E-state index contributed by atoms with van der Waals surface area (Å²) >= 11 is 5.83. The molecule has 0 unspecified atom stereocenters. The molecule has 1 N–H and O–H groups in total. The minimum atomic E-state index is -0.322. The van der Waals surface area contributed by atoms with E-state index in [1.54, 1.807) is 54.6 Å². The van der Waals surface area contributed by atoms with E-state index in [4.69, 9.17) is 16.0 Å². The Hall–Kier alpha value is -3.18. The molecule has 26 heavy (non-hydrogen) atoms. The van der Waals surface area contributed by atoms with E-state index in [1.807, 2.05) is 0 Å². The van der Waals surface area contributed by atoms with E-state index >= 15 is 0 Å². The molecule has 6 heteroatoms. The van der Waals surface area contributed by atoms with E-state index in [2.05, 4.69) is 10.3 Å². The van der Waals surface area contributed by atoms with Crippen molar-refractivity contribution in [1.29, 1.82) is 0 Å². The lowest BCUT2D eigenvalue weighted by Crippen LogP contribution is -2.11. The van der Waals surface area contributed by atoms with Gasteiger partial charge in [-0.05, 0) is 60.7 Å². The number of benzene rings is 3. The van der Waals surface area contributed by atoms with Crippen molar-refractivity contribution < 1.29 is 13.6 Å². The number of carbonyl (C=O) groups excluding carboxylic acids is 1. The Morgan fingerprint density at radius 3 is 2.46 bits per heavy atom. The topological polar surface area (TPSA) is 55.1 Å². The minimum Gasteiger partial charge on any atom is -0.436 e. The molecule has 0 spiro atoms. The number of hydrogen-bond donors (Lipinski definition) is 1. The second-order valence-corrected chi connectivity index (χ2v) is 6.11. The molecule has 0 aliphatic carbocycles. The Labute approximate surface area is 153 Å². The monoisotopic (exact) mass is 366 g/mol. The first kappa shape index (κ1) is 16.3. The highest BCUT2D eigenvalue weighted by atomic mass is 35.5. The number of fused-ring (bicyclic) bond motifs is 1. The molecule has 1 heterocycles. The van der Waals surface area contributed by atoms with E-state index in [0.29, 0.717) is 38.8 Å². The smallest absolute Gasteiger partial charge is 0.255 e. The number of amides is 1. The lowest BCUT2D eigenvalue weighted by atomic mass is 10.2. The van der Waals surface area contributed by atoms with Gasteiger partial charge in [-0.25, -0.2) is 9.37 Å². The summed E-state index contributed by atoms with van der Waals surface area (Å²) in [7, 11) is 0. The maximum absolute atomic E-state index is 13.0. The quantitative estimate of drug-likeness (QED) is 0.518. The molecule has 4 nitrogen and oxygen atoms in total. The van der Waals surface area contributed by atoms with Crippen molar-refractivity contribution >= 4 is 34.3 Å². The van der Waals surface area contributed by atoms with Gasteiger partial charge in [0.15, 0.2) is 5.58 Å². The lowest BCUT2D eigenvalue weighted by Gasteiger charge is -2.05. The molecule has 0 bridgehead atoms. The normalized spacial score (nSPS) is 10.8. The average Bonchev–Trinajstić information content (AvgIpc) is 3.06. The Kier molecular flexibility index (Phi) is 4.14. The largest absolute Gasteiger partial charge is 0.436 e. The van der Waals surface area contributed by atoms with Crippen molar-refractivity contribution in [1.82, 2.24) is 4.98 Å². The van der Waals surface area contributed by atoms with E-state index in [9.17, 15) is 9.18 Å². The number of hydrogen-bond acceptors (Lipinski definition) is 3. The summed E-state index contributed by atoms with van der Waals surface area (Å²) in [6, 6.07) is 17.7. The predicted molar refractivity (Wildman–Crippen MR) is 98.8 cm³/mol. The summed E-state index contributed by atoms with van der Waals surface area (Å²) in [6.07, 6.45) is 0. The standard InChI is InChI=1S/C20H12ClFN2O2/c21-14-5-1-12(2-6-14)19(25)23-16-9-10-17-18(11-16)26-20(24-17)13-3-7-15(22)8-4-13/h1-11H,(H,23,25). The molecular formula is C20H12ClFN2O2. The lowest BCUT2D eigenvalue weighted by molar-refractivity contribution is 0.102. The number of oxazole rings is 1. The van der Waals surface area contributed by atoms with Gasteiger partial charge in [-0.15, -0.1) is 0 Å². The van der Waals surface area contributed by atoms with Crippen LogP contribution >= 0.6 is 11.6 Å². The van der Waals surface area contributed by atoms with Crippen LogP contribution in [0.1, 0.15) is 10.4 Å². The van der Waals surface area contributed by atoms with Crippen molar-refractivity contribution in [2.75, 3.05) is 5.32 Å². The van der Waals surface area contributed by atoms with Gasteiger partial charge in [-0.1, -0.05) is 11.6 Å². The molecule has 0 fully saturated rings. The van der Waals surface area contributed by atoms with Gasteiger partial charge in [-0.2, -0.15) is 0 Å². The highest BCUT2D eigenvalue weighted by Gasteiger charge is 2.11. The summed E-state index contributed by atoms with van der Waals surface area (Å²) in [5.41, 5.74) is 2.93. The third-order valence-corrected chi connectivity index (χ3v) is 4.10. The van der Waals surface area contributed by atoms with Gasteiger partial charge >= 0.3 is 0 Å². The Balaban J connectivity index is 1.60. The fraction of sp³-hybridized carbons (Fsp3) is 0. The third kappa shape index (κ3) is 3.30. The molecule has 0 saturated carbocycles. The van der Waals surface area contributed by atoms with Crippen LogP contribution in [0, 0.1) is 5.82 Å². The average molecular weight is 367 g/mol. The highest BCUT2D eigenvalue weighted by molar-refractivity contribution is 6.30. The molecule has 4 rings (SSSR count). The zero-order valence-electron chi connectivity index (χ0n) is 13.4. The Morgan fingerprint density at radius 2 is 1.73 bits per heavy atom. The van der Waals surface area contributed by atoms with E-state index in [-0.39, 0.29) is 11.7 Å². The second-order valence-electron chi connectivity index (χ2n) is 5.67. The van der Waals surface area contributed by atoms with Crippen molar-refractivity contribution in [3.05, 3.63) is 83.1 Å². The van der Waals surface area contributed by atoms with Crippen LogP contribution in [0.3, 0.4) is 0 Å². The molecule has 0 aliphatic rings. The van der Waals surface area contributed by atoms with Crippen LogP contribution in [0.2, 0.25) is 5.02 Å². The molecule has 0 saturated heterocycles. The van der Waals surface area contributed by atoms with Crippen molar-refractivity contribution in [2.45, 2.75) is 0 Å². The number of nitrogens with zero attached hydrogens (tertiary/aromatic N) is 1. The van der Waals surface area contributed by atoms with Gasteiger partial charge in [0.05, 0.1) is 0 Å². The Morgan fingerprint density at radius 1 is 1.00 bits per heavy atom.